The zero-order chi connectivity index (χ0) is 15.9. The molecule has 0 rings (SSSR count). The van der Waals surface area contributed by atoms with Crippen molar-refractivity contribution >= 4 is 0 Å². The highest BCUT2D eigenvalue weighted by Gasteiger charge is 2.37. The van der Waals surface area contributed by atoms with Crippen LogP contribution in [0.3, 0.4) is 0 Å². The van der Waals surface area contributed by atoms with Crippen molar-refractivity contribution in [3.63, 3.8) is 0 Å². The normalized spacial score (nSPS) is 18.6. The molecular weight excluding hydrogens is 240 g/mol. The molecule has 0 heterocycles. The van der Waals surface area contributed by atoms with Crippen LogP contribution >= 0.6 is 0 Å². The van der Waals surface area contributed by atoms with Crippen molar-refractivity contribution in [2.24, 2.45) is 16.2 Å². The highest BCUT2D eigenvalue weighted by molar-refractivity contribution is 4.88. The van der Waals surface area contributed by atoms with Gasteiger partial charge in [-0.1, -0.05) is 81.1 Å². The van der Waals surface area contributed by atoms with Crippen LogP contribution in [-0.2, 0) is 0 Å². The predicted octanol–water partition coefficient (Wildman–Crippen LogP) is 7.62. The molecule has 0 bridgehead atoms. The van der Waals surface area contributed by atoms with Gasteiger partial charge in [-0.2, -0.15) is 0 Å². The highest BCUT2D eigenvalue weighted by atomic mass is 14.4. The molecule has 0 radical (unpaired) electrons. The van der Waals surface area contributed by atoms with Gasteiger partial charge in [0.1, 0.15) is 0 Å². The molecule has 0 fully saturated rings. The van der Waals surface area contributed by atoms with Crippen LogP contribution in [0.15, 0.2) is 0 Å². The van der Waals surface area contributed by atoms with E-state index >= 15 is 0 Å². The van der Waals surface area contributed by atoms with Gasteiger partial charge in [0.2, 0.25) is 0 Å². The summed E-state index contributed by atoms with van der Waals surface area (Å²) in [6.45, 7) is 19.5. The third kappa shape index (κ3) is 7.14. The van der Waals surface area contributed by atoms with Gasteiger partial charge >= 0.3 is 0 Å². The summed E-state index contributed by atoms with van der Waals surface area (Å²) >= 11 is 0. The minimum Gasteiger partial charge on any atom is -0.0654 e. The number of hydrogen-bond acceptors (Lipinski definition) is 0. The van der Waals surface area contributed by atoms with Crippen molar-refractivity contribution in [3.8, 4) is 0 Å². The smallest absolute Gasteiger partial charge is 0.0316 e. The molecule has 0 saturated heterocycles. The van der Waals surface area contributed by atoms with Crippen LogP contribution in [-0.4, -0.2) is 0 Å². The van der Waals surface area contributed by atoms with E-state index in [4.69, 9.17) is 0 Å². The van der Waals surface area contributed by atoms with Gasteiger partial charge in [0.05, 0.1) is 0 Å². The van der Waals surface area contributed by atoms with E-state index in [2.05, 4.69) is 55.4 Å². The second kappa shape index (κ2) is 8.44. The van der Waals surface area contributed by atoms with Gasteiger partial charge in [-0.25, -0.2) is 0 Å². The molecule has 0 saturated carbocycles. The molecule has 0 heteroatoms. The fraction of sp³-hybridized carbons (Fsp3) is 1.00. The first-order valence-corrected chi connectivity index (χ1v) is 9.16. The molecule has 0 aromatic carbocycles. The molecule has 0 aromatic heterocycles. The summed E-state index contributed by atoms with van der Waals surface area (Å²) < 4.78 is 0. The summed E-state index contributed by atoms with van der Waals surface area (Å²) in [6, 6.07) is 0. The van der Waals surface area contributed by atoms with Crippen LogP contribution in [0.25, 0.3) is 0 Å². The van der Waals surface area contributed by atoms with Gasteiger partial charge in [0.25, 0.3) is 0 Å². The Hall–Kier alpha value is 0. The minimum absolute atomic E-state index is 0.500. The molecule has 0 aromatic rings. The molecule has 0 nitrogen and oxygen atoms in total. The predicted molar refractivity (Wildman–Crippen MR) is 94.2 cm³/mol. The number of hydrogen-bond donors (Lipinski definition) is 0. The average molecular weight is 283 g/mol. The Morgan fingerprint density at radius 2 is 1.00 bits per heavy atom. The third-order valence-corrected chi connectivity index (χ3v) is 5.25. The first kappa shape index (κ1) is 20.0. The van der Waals surface area contributed by atoms with Gasteiger partial charge in [-0.15, -0.1) is 0 Å². The number of rotatable bonds is 11. The van der Waals surface area contributed by atoms with E-state index < -0.39 is 0 Å². The lowest BCUT2D eigenvalue weighted by atomic mass is 9.62. The van der Waals surface area contributed by atoms with Gasteiger partial charge in [0.15, 0.2) is 0 Å². The molecule has 0 amide bonds. The van der Waals surface area contributed by atoms with Crippen LogP contribution in [0.4, 0.5) is 0 Å². The zero-order valence-corrected chi connectivity index (χ0v) is 15.9. The average Bonchev–Trinajstić information content (AvgIpc) is 2.27. The monoisotopic (exact) mass is 282 g/mol. The van der Waals surface area contributed by atoms with Crippen molar-refractivity contribution in [1.82, 2.24) is 0 Å². The van der Waals surface area contributed by atoms with Crippen molar-refractivity contribution in [2.75, 3.05) is 0 Å². The molecule has 0 aliphatic rings. The maximum atomic E-state index is 2.57. The quantitative estimate of drug-likeness (QED) is 0.365. The maximum Gasteiger partial charge on any atom is -0.0316 e. The Morgan fingerprint density at radius 1 is 0.550 bits per heavy atom. The summed E-state index contributed by atoms with van der Waals surface area (Å²) in [6.07, 6.45) is 12.2. The molecule has 0 aliphatic carbocycles. The van der Waals surface area contributed by atoms with Crippen molar-refractivity contribution < 1.29 is 0 Å². The Bertz CT molecular complexity index is 253. The lowest BCUT2D eigenvalue weighted by Crippen LogP contribution is -2.32. The SMILES string of the molecule is CCCC(C)(C)CC(C)(CCC)CC(C)(CC)CCC. The Labute approximate surface area is 130 Å². The standard InChI is InChI=1S/C20H42/c1-9-13-18(5,6)16-20(8,15-11-3)17-19(7,12-4)14-10-2/h9-17H2,1-8H3. The van der Waals surface area contributed by atoms with E-state index in [0.29, 0.717) is 16.2 Å². The van der Waals surface area contributed by atoms with E-state index in [1.54, 1.807) is 0 Å². The molecule has 0 spiro atoms. The molecule has 0 N–H and O–H groups in total. The van der Waals surface area contributed by atoms with Gasteiger partial charge in [-0.05, 0) is 48.3 Å². The van der Waals surface area contributed by atoms with Crippen molar-refractivity contribution in [3.05, 3.63) is 0 Å². The van der Waals surface area contributed by atoms with Crippen molar-refractivity contribution in [1.29, 1.82) is 0 Å². The summed E-state index contributed by atoms with van der Waals surface area (Å²) in [5, 5.41) is 0. The van der Waals surface area contributed by atoms with Crippen LogP contribution < -0.4 is 0 Å². The Balaban J connectivity index is 4.99. The van der Waals surface area contributed by atoms with Crippen LogP contribution in [0, 0.1) is 16.2 Å². The lowest BCUT2D eigenvalue weighted by molar-refractivity contribution is 0.0765. The largest absolute Gasteiger partial charge is 0.0654 e. The fourth-order valence-corrected chi connectivity index (χ4v) is 4.79. The van der Waals surface area contributed by atoms with E-state index in [1.807, 2.05) is 0 Å². The Morgan fingerprint density at radius 3 is 1.40 bits per heavy atom. The molecule has 0 aliphatic heterocycles. The molecule has 122 valence electrons. The first-order chi connectivity index (χ1) is 9.16. The molecular formula is C20H42. The van der Waals surface area contributed by atoms with Gasteiger partial charge in [-0.3, -0.25) is 0 Å². The highest BCUT2D eigenvalue weighted by Crippen LogP contribution is 2.49. The maximum absolute atomic E-state index is 2.57. The third-order valence-electron chi connectivity index (χ3n) is 5.25. The minimum atomic E-state index is 0.500. The fourth-order valence-electron chi connectivity index (χ4n) is 4.79. The summed E-state index contributed by atoms with van der Waals surface area (Å²) in [7, 11) is 0. The van der Waals surface area contributed by atoms with Gasteiger partial charge < -0.3 is 0 Å². The molecule has 2 atom stereocenters. The molecule has 2 unspecified atom stereocenters. The van der Waals surface area contributed by atoms with Crippen LogP contribution in [0.5, 0.6) is 0 Å². The zero-order valence-electron chi connectivity index (χ0n) is 15.9. The molecule has 20 heavy (non-hydrogen) atoms. The summed E-state index contributed by atoms with van der Waals surface area (Å²) in [4.78, 5) is 0. The van der Waals surface area contributed by atoms with E-state index in [-0.39, 0.29) is 0 Å². The summed E-state index contributed by atoms with van der Waals surface area (Å²) in [5.41, 5.74) is 1.56. The lowest BCUT2D eigenvalue weighted by Gasteiger charge is -2.44. The second-order valence-corrected chi connectivity index (χ2v) is 8.74. The van der Waals surface area contributed by atoms with E-state index in [1.165, 1.54) is 57.8 Å². The first-order valence-electron chi connectivity index (χ1n) is 9.16. The Kier molecular flexibility index (Phi) is 8.44. The second-order valence-electron chi connectivity index (χ2n) is 8.74. The topological polar surface area (TPSA) is 0 Å². The van der Waals surface area contributed by atoms with Crippen LogP contribution in [0.1, 0.15) is 113 Å². The summed E-state index contributed by atoms with van der Waals surface area (Å²) in [5.74, 6) is 0. The van der Waals surface area contributed by atoms with Gasteiger partial charge in [0, 0.05) is 0 Å². The van der Waals surface area contributed by atoms with E-state index in [9.17, 15) is 0 Å². The van der Waals surface area contributed by atoms with E-state index in [0.717, 1.165) is 0 Å². The van der Waals surface area contributed by atoms with Crippen LogP contribution in [0.2, 0.25) is 0 Å². The van der Waals surface area contributed by atoms with Crippen molar-refractivity contribution in [2.45, 2.75) is 113 Å².